The van der Waals surface area contributed by atoms with E-state index in [0.29, 0.717) is 13.1 Å². The van der Waals surface area contributed by atoms with Crippen LogP contribution in [0.15, 0.2) is 29.8 Å². The van der Waals surface area contributed by atoms with Gasteiger partial charge in [-0.2, -0.15) is 0 Å². The number of aliphatic hydroxyl groups excluding tert-OH is 1. The van der Waals surface area contributed by atoms with E-state index in [9.17, 15) is 9.90 Å². The van der Waals surface area contributed by atoms with Crippen LogP contribution in [-0.4, -0.2) is 70.1 Å². The van der Waals surface area contributed by atoms with Crippen molar-refractivity contribution in [2.75, 3.05) is 27.2 Å². The summed E-state index contributed by atoms with van der Waals surface area (Å²) in [7, 11) is 3.84. The van der Waals surface area contributed by atoms with Crippen molar-refractivity contribution >= 4 is 17.2 Å². The van der Waals surface area contributed by atoms with Crippen molar-refractivity contribution in [3.63, 3.8) is 0 Å². The van der Waals surface area contributed by atoms with Crippen LogP contribution < -0.4 is 0 Å². The fourth-order valence-electron chi connectivity index (χ4n) is 2.74. The SMILES string of the molecule is CN(C)[C@H]1CN(C(=O)Cc2csc(-c3ccccn3)n2)C[C@@H]1O. The van der Waals surface area contributed by atoms with E-state index in [1.807, 2.05) is 42.6 Å². The molecule has 0 spiro atoms. The van der Waals surface area contributed by atoms with Gasteiger partial charge in [-0.15, -0.1) is 11.3 Å². The van der Waals surface area contributed by atoms with E-state index < -0.39 is 6.10 Å². The Kier molecular flexibility index (Phi) is 4.70. The van der Waals surface area contributed by atoms with Crippen LogP contribution in [0.25, 0.3) is 10.7 Å². The molecule has 1 aliphatic heterocycles. The topological polar surface area (TPSA) is 69.6 Å². The number of amides is 1. The highest BCUT2D eigenvalue weighted by atomic mass is 32.1. The molecule has 0 aromatic carbocycles. The van der Waals surface area contributed by atoms with Crippen LogP contribution in [0.4, 0.5) is 0 Å². The number of aromatic nitrogens is 2. The predicted molar refractivity (Wildman–Crippen MR) is 89.1 cm³/mol. The van der Waals surface area contributed by atoms with Gasteiger partial charge < -0.3 is 14.9 Å². The van der Waals surface area contributed by atoms with E-state index in [0.717, 1.165) is 16.4 Å². The van der Waals surface area contributed by atoms with Crippen molar-refractivity contribution in [2.24, 2.45) is 0 Å². The normalized spacial score (nSPS) is 21.1. The highest BCUT2D eigenvalue weighted by Gasteiger charge is 2.35. The second-order valence-electron chi connectivity index (χ2n) is 5.93. The number of hydrogen-bond acceptors (Lipinski definition) is 6. The van der Waals surface area contributed by atoms with E-state index in [2.05, 4.69) is 9.97 Å². The fourth-order valence-corrected chi connectivity index (χ4v) is 3.54. The quantitative estimate of drug-likeness (QED) is 0.900. The molecule has 23 heavy (non-hydrogen) atoms. The first-order valence-corrected chi connectivity index (χ1v) is 8.40. The number of thiazole rings is 1. The number of hydrogen-bond donors (Lipinski definition) is 1. The number of nitrogens with zero attached hydrogens (tertiary/aromatic N) is 4. The summed E-state index contributed by atoms with van der Waals surface area (Å²) >= 11 is 1.49. The van der Waals surface area contributed by atoms with E-state index >= 15 is 0 Å². The van der Waals surface area contributed by atoms with Crippen LogP contribution >= 0.6 is 11.3 Å². The highest BCUT2D eigenvalue weighted by Crippen LogP contribution is 2.22. The van der Waals surface area contributed by atoms with E-state index in [1.54, 1.807) is 11.1 Å². The predicted octanol–water partition coefficient (Wildman–Crippen LogP) is 0.881. The van der Waals surface area contributed by atoms with Crippen molar-refractivity contribution in [2.45, 2.75) is 18.6 Å². The Bertz CT molecular complexity index is 674. The molecule has 1 fully saturated rings. The molecule has 1 amide bonds. The minimum atomic E-state index is -0.492. The van der Waals surface area contributed by atoms with Crippen LogP contribution in [-0.2, 0) is 11.2 Å². The Morgan fingerprint density at radius 3 is 2.91 bits per heavy atom. The lowest BCUT2D eigenvalue weighted by molar-refractivity contribution is -0.129. The number of rotatable bonds is 4. The zero-order valence-electron chi connectivity index (χ0n) is 13.2. The minimum Gasteiger partial charge on any atom is -0.390 e. The maximum atomic E-state index is 12.4. The van der Waals surface area contributed by atoms with Gasteiger partial charge in [-0.1, -0.05) is 6.07 Å². The average molecular weight is 332 g/mol. The van der Waals surface area contributed by atoms with Crippen molar-refractivity contribution in [1.29, 1.82) is 0 Å². The van der Waals surface area contributed by atoms with Crippen molar-refractivity contribution in [3.05, 3.63) is 35.5 Å². The number of carbonyl (C=O) groups excluding carboxylic acids is 1. The van der Waals surface area contributed by atoms with Crippen LogP contribution in [0.5, 0.6) is 0 Å². The molecule has 0 unspecified atom stereocenters. The molecule has 1 N–H and O–H groups in total. The van der Waals surface area contributed by atoms with Crippen molar-refractivity contribution < 1.29 is 9.90 Å². The van der Waals surface area contributed by atoms with Crippen molar-refractivity contribution in [1.82, 2.24) is 19.8 Å². The van der Waals surface area contributed by atoms with E-state index in [1.165, 1.54) is 11.3 Å². The third-order valence-electron chi connectivity index (χ3n) is 4.04. The number of β-amino-alcohol motifs (C(OH)–C–C–N with tert-alkyl or cyclic N) is 1. The number of carbonyl (C=O) groups is 1. The number of likely N-dealkylation sites (tertiary alicyclic amines) is 1. The van der Waals surface area contributed by atoms with Crippen LogP contribution in [0, 0.1) is 0 Å². The minimum absolute atomic E-state index is 0.00142. The van der Waals surface area contributed by atoms with E-state index in [-0.39, 0.29) is 18.4 Å². The summed E-state index contributed by atoms with van der Waals surface area (Å²) < 4.78 is 0. The lowest BCUT2D eigenvalue weighted by Crippen LogP contribution is -2.38. The van der Waals surface area contributed by atoms with Gasteiger partial charge in [0.15, 0.2) is 0 Å². The molecule has 2 aromatic heterocycles. The standard InChI is InChI=1S/C16H20N4O2S/c1-19(2)13-8-20(9-14(13)21)15(22)7-11-10-23-16(18-11)12-5-3-4-6-17-12/h3-6,10,13-14,21H,7-9H2,1-2H3/t13-,14-/m0/s1. The molecule has 3 heterocycles. The van der Waals surface area contributed by atoms with Crippen molar-refractivity contribution in [3.8, 4) is 10.7 Å². The summed E-state index contributed by atoms with van der Waals surface area (Å²) in [6.07, 6.45) is 1.50. The lowest BCUT2D eigenvalue weighted by Gasteiger charge is -2.21. The summed E-state index contributed by atoms with van der Waals surface area (Å²) in [6.45, 7) is 0.948. The second kappa shape index (κ2) is 6.74. The fraction of sp³-hybridized carbons (Fsp3) is 0.438. The smallest absolute Gasteiger partial charge is 0.228 e. The maximum Gasteiger partial charge on any atom is 0.228 e. The largest absolute Gasteiger partial charge is 0.390 e. The Hall–Kier alpha value is -1.83. The number of aliphatic hydroxyl groups is 1. The Morgan fingerprint density at radius 1 is 1.43 bits per heavy atom. The summed E-state index contributed by atoms with van der Waals surface area (Å²) in [5, 5.41) is 12.8. The summed E-state index contributed by atoms with van der Waals surface area (Å²) in [6, 6.07) is 5.68. The van der Waals surface area contributed by atoms with E-state index in [4.69, 9.17) is 0 Å². The van der Waals surface area contributed by atoms with Crippen LogP contribution in [0.1, 0.15) is 5.69 Å². The van der Waals surface area contributed by atoms with Gasteiger partial charge in [0, 0.05) is 24.7 Å². The molecule has 0 aliphatic carbocycles. The molecule has 1 aliphatic rings. The van der Waals surface area contributed by atoms with Gasteiger partial charge in [-0.25, -0.2) is 4.98 Å². The van der Waals surface area contributed by atoms with Crippen LogP contribution in [0.3, 0.4) is 0 Å². The molecule has 0 saturated carbocycles. The highest BCUT2D eigenvalue weighted by molar-refractivity contribution is 7.13. The van der Waals surface area contributed by atoms with Gasteiger partial charge in [-0.05, 0) is 26.2 Å². The molecule has 122 valence electrons. The molecular formula is C16H20N4O2S. The molecule has 2 atom stereocenters. The first kappa shape index (κ1) is 16.0. The zero-order chi connectivity index (χ0) is 16.4. The second-order valence-corrected chi connectivity index (χ2v) is 6.79. The first-order chi connectivity index (χ1) is 11.0. The average Bonchev–Trinajstić information content (AvgIpc) is 3.15. The number of pyridine rings is 1. The monoisotopic (exact) mass is 332 g/mol. The third kappa shape index (κ3) is 3.57. The number of likely N-dealkylation sites (N-methyl/N-ethyl adjacent to an activating group) is 1. The molecule has 0 radical (unpaired) electrons. The maximum absolute atomic E-state index is 12.4. The summed E-state index contributed by atoms with van der Waals surface area (Å²) in [4.78, 5) is 24.9. The molecule has 7 heteroatoms. The summed E-state index contributed by atoms with van der Waals surface area (Å²) in [5.41, 5.74) is 1.57. The first-order valence-electron chi connectivity index (χ1n) is 7.52. The van der Waals surface area contributed by atoms with Gasteiger partial charge in [-0.3, -0.25) is 9.78 Å². The Labute approximate surface area is 139 Å². The third-order valence-corrected chi connectivity index (χ3v) is 4.96. The molecule has 2 aromatic rings. The van der Waals surface area contributed by atoms with Gasteiger partial charge in [0.2, 0.25) is 5.91 Å². The molecule has 3 rings (SSSR count). The Morgan fingerprint density at radius 2 is 2.26 bits per heavy atom. The molecule has 6 nitrogen and oxygen atoms in total. The summed E-state index contributed by atoms with van der Waals surface area (Å²) in [5.74, 6) is 0.00581. The molecule has 1 saturated heterocycles. The van der Waals surface area contributed by atoms with Gasteiger partial charge in [0.1, 0.15) is 5.01 Å². The van der Waals surface area contributed by atoms with Gasteiger partial charge in [0.05, 0.1) is 30.0 Å². The zero-order valence-corrected chi connectivity index (χ0v) is 14.0. The van der Waals surface area contributed by atoms with Crippen LogP contribution in [0.2, 0.25) is 0 Å². The lowest BCUT2D eigenvalue weighted by atomic mass is 10.2. The van der Waals surface area contributed by atoms with Gasteiger partial charge in [0.25, 0.3) is 0 Å². The van der Waals surface area contributed by atoms with Gasteiger partial charge >= 0.3 is 0 Å². The molecule has 0 bridgehead atoms. The Balaban J connectivity index is 1.64. The molecular weight excluding hydrogens is 312 g/mol.